The van der Waals surface area contributed by atoms with Crippen molar-refractivity contribution in [2.75, 3.05) is 31.1 Å². The average Bonchev–Trinajstić information content (AvgIpc) is 2.92. The molecule has 0 bridgehead atoms. The fraction of sp³-hybridized carbons (Fsp3) is 0.375. The van der Waals surface area contributed by atoms with Gasteiger partial charge in [-0.2, -0.15) is 5.10 Å². The molecule has 1 aromatic carbocycles. The lowest BCUT2D eigenvalue weighted by atomic mass is 10.2. The largest absolute Gasteiger partial charge is 0.368 e. The number of hydrogen-bond acceptors (Lipinski definition) is 3. The van der Waals surface area contributed by atoms with Crippen molar-refractivity contribution in [3.8, 4) is 0 Å². The summed E-state index contributed by atoms with van der Waals surface area (Å²) in [7, 11) is 0. The molecular formula is C16H19ClN4O. The van der Waals surface area contributed by atoms with Gasteiger partial charge in [-0.25, -0.2) is 0 Å². The molecule has 116 valence electrons. The molecule has 0 unspecified atom stereocenters. The Kier molecular flexibility index (Phi) is 4.34. The zero-order valence-corrected chi connectivity index (χ0v) is 13.3. The van der Waals surface area contributed by atoms with E-state index in [0.29, 0.717) is 6.42 Å². The molecule has 2 heterocycles. The topological polar surface area (TPSA) is 52.2 Å². The first kappa shape index (κ1) is 14.9. The van der Waals surface area contributed by atoms with Crippen LogP contribution in [0.3, 0.4) is 0 Å². The Morgan fingerprint density at radius 3 is 2.68 bits per heavy atom. The Bertz CT molecular complexity index is 662. The fourth-order valence-corrected chi connectivity index (χ4v) is 2.90. The highest BCUT2D eigenvalue weighted by Crippen LogP contribution is 2.21. The van der Waals surface area contributed by atoms with Crippen molar-refractivity contribution in [2.24, 2.45) is 0 Å². The number of carbonyl (C=O) groups excluding carboxylic acids is 1. The maximum absolute atomic E-state index is 12.3. The van der Waals surface area contributed by atoms with Crippen molar-refractivity contribution in [2.45, 2.75) is 13.3 Å². The van der Waals surface area contributed by atoms with Gasteiger partial charge in [-0.05, 0) is 31.2 Å². The second-order valence-electron chi connectivity index (χ2n) is 5.57. The van der Waals surface area contributed by atoms with E-state index < -0.39 is 0 Å². The maximum atomic E-state index is 12.3. The lowest BCUT2D eigenvalue weighted by Crippen LogP contribution is -2.49. The number of carbonyl (C=O) groups is 1. The Labute approximate surface area is 134 Å². The van der Waals surface area contributed by atoms with Gasteiger partial charge in [-0.1, -0.05) is 17.7 Å². The predicted octanol–water partition coefficient (Wildman–Crippen LogP) is 2.26. The molecule has 1 aliphatic rings. The summed E-state index contributed by atoms with van der Waals surface area (Å²) in [5, 5.41) is 7.74. The summed E-state index contributed by atoms with van der Waals surface area (Å²) in [5.74, 6) is 0.136. The maximum Gasteiger partial charge on any atom is 0.228 e. The number of rotatable bonds is 3. The van der Waals surface area contributed by atoms with Crippen LogP contribution in [0.1, 0.15) is 11.4 Å². The van der Waals surface area contributed by atoms with E-state index in [4.69, 9.17) is 11.6 Å². The first-order valence-corrected chi connectivity index (χ1v) is 7.79. The molecular weight excluding hydrogens is 300 g/mol. The lowest BCUT2D eigenvalue weighted by molar-refractivity contribution is -0.130. The summed E-state index contributed by atoms with van der Waals surface area (Å²) in [4.78, 5) is 16.5. The molecule has 1 amide bonds. The second kappa shape index (κ2) is 6.40. The van der Waals surface area contributed by atoms with Crippen molar-refractivity contribution in [3.63, 3.8) is 0 Å². The van der Waals surface area contributed by atoms with Crippen LogP contribution in [0.4, 0.5) is 5.69 Å². The highest BCUT2D eigenvalue weighted by Gasteiger charge is 2.22. The SMILES string of the molecule is Cc1cc(CC(=O)N2CCN(c3cccc(Cl)c3)CC2)n[nH]1. The fourth-order valence-electron chi connectivity index (χ4n) is 2.72. The van der Waals surface area contributed by atoms with E-state index in [2.05, 4.69) is 21.2 Å². The smallest absolute Gasteiger partial charge is 0.228 e. The Morgan fingerprint density at radius 2 is 2.05 bits per heavy atom. The zero-order valence-electron chi connectivity index (χ0n) is 12.6. The van der Waals surface area contributed by atoms with Crippen LogP contribution >= 0.6 is 11.6 Å². The molecule has 3 rings (SSSR count). The van der Waals surface area contributed by atoms with E-state index in [1.165, 1.54) is 0 Å². The molecule has 0 atom stereocenters. The number of anilines is 1. The highest BCUT2D eigenvalue weighted by molar-refractivity contribution is 6.30. The Hall–Kier alpha value is -2.01. The first-order valence-electron chi connectivity index (χ1n) is 7.41. The van der Waals surface area contributed by atoms with Gasteiger partial charge in [0, 0.05) is 42.6 Å². The van der Waals surface area contributed by atoms with Crippen LogP contribution in [0.2, 0.25) is 5.02 Å². The normalized spacial score (nSPS) is 15.2. The number of aryl methyl sites for hydroxylation is 1. The van der Waals surface area contributed by atoms with Crippen LogP contribution in [-0.2, 0) is 11.2 Å². The minimum absolute atomic E-state index is 0.136. The van der Waals surface area contributed by atoms with E-state index in [9.17, 15) is 4.79 Å². The van der Waals surface area contributed by atoms with E-state index in [0.717, 1.165) is 48.3 Å². The monoisotopic (exact) mass is 318 g/mol. The number of nitrogens with zero attached hydrogens (tertiary/aromatic N) is 3. The average molecular weight is 319 g/mol. The number of aromatic nitrogens is 2. The van der Waals surface area contributed by atoms with Gasteiger partial charge in [0.2, 0.25) is 5.91 Å². The summed E-state index contributed by atoms with van der Waals surface area (Å²) in [5.41, 5.74) is 2.90. The zero-order chi connectivity index (χ0) is 15.5. The predicted molar refractivity (Wildman–Crippen MR) is 87.3 cm³/mol. The van der Waals surface area contributed by atoms with Gasteiger partial charge in [0.05, 0.1) is 12.1 Å². The quantitative estimate of drug-likeness (QED) is 0.944. The highest BCUT2D eigenvalue weighted by atomic mass is 35.5. The van der Waals surface area contributed by atoms with Crippen LogP contribution in [0.15, 0.2) is 30.3 Å². The van der Waals surface area contributed by atoms with Crippen molar-refractivity contribution < 1.29 is 4.79 Å². The third-order valence-corrected chi connectivity index (χ3v) is 4.13. The number of nitrogens with one attached hydrogen (secondary N) is 1. The van der Waals surface area contributed by atoms with E-state index in [-0.39, 0.29) is 5.91 Å². The molecule has 0 spiro atoms. The molecule has 1 N–H and O–H groups in total. The van der Waals surface area contributed by atoms with Gasteiger partial charge < -0.3 is 9.80 Å². The number of benzene rings is 1. The molecule has 1 saturated heterocycles. The molecule has 1 aliphatic heterocycles. The molecule has 0 radical (unpaired) electrons. The molecule has 0 saturated carbocycles. The summed E-state index contributed by atoms with van der Waals surface area (Å²) in [6.07, 6.45) is 0.363. The van der Waals surface area contributed by atoms with Gasteiger partial charge in [0.25, 0.3) is 0 Å². The minimum Gasteiger partial charge on any atom is -0.368 e. The van der Waals surface area contributed by atoms with Crippen LogP contribution in [0.25, 0.3) is 0 Å². The molecule has 5 nitrogen and oxygen atoms in total. The summed E-state index contributed by atoms with van der Waals surface area (Å²) < 4.78 is 0. The number of hydrogen-bond donors (Lipinski definition) is 1. The van der Waals surface area contributed by atoms with Crippen molar-refractivity contribution in [3.05, 3.63) is 46.7 Å². The van der Waals surface area contributed by atoms with Gasteiger partial charge >= 0.3 is 0 Å². The number of halogens is 1. The molecule has 6 heteroatoms. The van der Waals surface area contributed by atoms with E-state index >= 15 is 0 Å². The first-order chi connectivity index (χ1) is 10.6. The van der Waals surface area contributed by atoms with Crippen molar-refractivity contribution in [1.82, 2.24) is 15.1 Å². The van der Waals surface area contributed by atoms with Gasteiger partial charge in [-0.3, -0.25) is 9.89 Å². The molecule has 2 aromatic rings. The summed E-state index contributed by atoms with van der Waals surface area (Å²) in [6, 6.07) is 9.76. The number of H-pyrrole nitrogens is 1. The number of amides is 1. The van der Waals surface area contributed by atoms with Crippen LogP contribution < -0.4 is 4.90 Å². The Morgan fingerprint density at radius 1 is 1.27 bits per heavy atom. The molecule has 1 aromatic heterocycles. The van der Waals surface area contributed by atoms with Gasteiger partial charge in [0.1, 0.15) is 0 Å². The molecule has 22 heavy (non-hydrogen) atoms. The summed E-state index contributed by atoms with van der Waals surface area (Å²) >= 11 is 6.03. The van der Waals surface area contributed by atoms with Gasteiger partial charge in [0.15, 0.2) is 0 Å². The lowest BCUT2D eigenvalue weighted by Gasteiger charge is -2.36. The van der Waals surface area contributed by atoms with Crippen LogP contribution in [0.5, 0.6) is 0 Å². The Balaban J connectivity index is 1.56. The van der Waals surface area contributed by atoms with Crippen LogP contribution in [0, 0.1) is 6.92 Å². The third kappa shape index (κ3) is 3.42. The van der Waals surface area contributed by atoms with E-state index in [1.807, 2.05) is 36.1 Å². The number of aromatic amines is 1. The molecule has 1 fully saturated rings. The summed E-state index contributed by atoms with van der Waals surface area (Å²) in [6.45, 7) is 5.05. The second-order valence-corrected chi connectivity index (χ2v) is 6.00. The minimum atomic E-state index is 0.136. The van der Waals surface area contributed by atoms with Crippen molar-refractivity contribution >= 4 is 23.2 Å². The molecule has 0 aliphatic carbocycles. The third-order valence-electron chi connectivity index (χ3n) is 3.90. The van der Waals surface area contributed by atoms with Crippen molar-refractivity contribution in [1.29, 1.82) is 0 Å². The van der Waals surface area contributed by atoms with Gasteiger partial charge in [-0.15, -0.1) is 0 Å². The number of piperazine rings is 1. The van der Waals surface area contributed by atoms with E-state index in [1.54, 1.807) is 0 Å². The standard InChI is InChI=1S/C16H19ClN4O/c1-12-9-14(19-18-12)11-16(22)21-7-5-20(6-8-21)15-4-2-3-13(17)10-15/h2-4,9-10H,5-8,11H2,1H3,(H,18,19). The van der Waals surface area contributed by atoms with Crippen LogP contribution in [-0.4, -0.2) is 47.2 Å².